The predicted molar refractivity (Wildman–Crippen MR) is 115 cm³/mol. The molecule has 3 aromatic rings. The maximum Gasteiger partial charge on any atom is 0.252 e. The van der Waals surface area contributed by atoms with Crippen molar-refractivity contribution in [3.05, 3.63) is 94.2 Å². The first kappa shape index (κ1) is 21.2. The fraction of sp³-hybridized carbons (Fsp3) is 0.143. The minimum Gasteiger partial charge on any atom is -0.340 e. The molecule has 0 aliphatic rings. The van der Waals surface area contributed by atoms with Crippen LogP contribution in [0.1, 0.15) is 27.7 Å². The van der Waals surface area contributed by atoms with E-state index in [1.807, 2.05) is 42.5 Å². The molecule has 0 aliphatic carbocycles. The lowest BCUT2D eigenvalue weighted by molar-refractivity contribution is 0.0942. The molecule has 0 spiro atoms. The van der Waals surface area contributed by atoms with Crippen LogP contribution >= 0.6 is 15.9 Å². The second-order valence-electron chi connectivity index (χ2n) is 6.50. The van der Waals surface area contributed by atoms with Crippen molar-refractivity contribution in [3.63, 3.8) is 0 Å². The molecule has 8 heteroatoms. The van der Waals surface area contributed by atoms with Crippen molar-refractivity contribution in [2.45, 2.75) is 10.9 Å². The number of hydrogen-bond donors (Lipinski definition) is 1. The summed E-state index contributed by atoms with van der Waals surface area (Å²) < 4.78 is 26.6. The normalized spacial score (nSPS) is 12.6. The summed E-state index contributed by atoms with van der Waals surface area (Å²) in [5.41, 5.74) is 1.80. The lowest BCUT2D eigenvalue weighted by Crippen LogP contribution is -2.30. The molecule has 0 saturated heterocycles. The monoisotopic (exact) mass is 473 g/mol. The van der Waals surface area contributed by atoms with Gasteiger partial charge in [-0.3, -0.25) is 9.78 Å². The number of pyridine rings is 1. The van der Waals surface area contributed by atoms with E-state index in [1.165, 1.54) is 20.2 Å². The maximum absolute atomic E-state index is 13.0. The fourth-order valence-electron chi connectivity index (χ4n) is 2.77. The molecule has 29 heavy (non-hydrogen) atoms. The van der Waals surface area contributed by atoms with Gasteiger partial charge in [-0.15, -0.1) is 0 Å². The zero-order chi connectivity index (χ0) is 21.0. The molecule has 0 fully saturated rings. The zero-order valence-electron chi connectivity index (χ0n) is 15.9. The molecular formula is C21H20BrN3O3S. The van der Waals surface area contributed by atoms with Gasteiger partial charge in [-0.25, -0.2) is 12.7 Å². The van der Waals surface area contributed by atoms with Gasteiger partial charge in [0, 0.05) is 30.3 Å². The van der Waals surface area contributed by atoms with Crippen LogP contribution in [0, 0.1) is 0 Å². The van der Waals surface area contributed by atoms with Gasteiger partial charge in [-0.05, 0) is 51.8 Å². The number of sulfonamides is 1. The molecule has 1 aromatic heterocycles. The first-order valence-electron chi connectivity index (χ1n) is 8.79. The lowest BCUT2D eigenvalue weighted by Gasteiger charge is -2.19. The Labute approximate surface area is 178 Å². The van der Waals surface area contributed by atoms with Gasteiger partial charge in [-0.2, -0.15) is 0 Å². The minimum absolute atomic E-state index is 0.0317. The SMILES string of the molecule is CN(C)S(=O)(=O)c1cc(C(=O)NC(c2ccccc2)c2ccccn2)ccc1Br. The molecule has 0 saturated carbocycles. The third-order valence-electron chi connectivity index (χ3n) is 4.34. The Hall–Kier alpha value is -2.55. The summed E-state index contributed by atoms with van der Waals surface area (Å²) in [6, 6.07) is 19.0. The Morgan fingerprint density at radius 2 is 1.72 bits per heavy atom. The highest BCUT2D eigenvalue weighted by molar-refractivity contribution is 9.10. The standard InChI is InChI=1S/C21H20BrN3O3S/c1-25(2)29(27,28)19-14-16(11-12-17(19)22)21(26)24-20(15-8-4-3-5-9-15)18-10-6-7-13-23-18/h3-14,20H,1-2H3,(H,24,26). The molecular weight excluding hydrogens is 454 g/mol. The average Bonchev–Trinajstić information content (AvgIpc) is 2.73. The highest BCUT2D eigenvalue weighted by Crippen LogP contribution is 2.26. The Bertz CT molecular complexity index is 1070. The van der Waals surface area contributed by atoms with E-state index in [-0.39, 0.29) is 10.5 Å². The van der Waals surface area contributed by atoms with Crippen LogP contribution in [-0.4, -0.2) is 37.7 Å². The molecule has 0 aliphatic heterocycles. The van der Waals surface area contributed by atoms with Gasteiger partial charge in [0.15, 0.2) is 0 Å². The van der Waals surface area contributed by atoms with Crippen molar-refractivity contribution in [2.24, 2.45) is 0 Å². The Morgan fingerprint density at radius 3 is 2.34 bits per heavy atom. The number of hydrogen-bond acceptors (Lipinski definition) is 4. The third-order valence-corrected chi connectivity index (χ3v) is 7.15. The van der Waals surface area contributed by atoms with Gasteiger partial charge in [0.1, 0.15) is 0 Å². The van der Waals surface area contributed by atoms with Crippen LogP contribution in [0.3, 0.4) is 0 Å². The fourth-order valence-corrected chi connectivity index (χ4v) is 4.62. The number of amides is 1. The van der Waals surface area contributed by atoms with Crippen LogP contribution in [0.25, 0.3) is 0 Å². The third kappa shape index (κ3) is 4.72. The van der Waals surface area contributed by atoms with Gasteiger partial charge >= 0.3 is 0 Å². The second-order valence-corrected chi connectivity index (χ2v) is 9.48. The highest BCUT2D eigenvalue weighted by atomic mass is 79.9. The molecule has 1 unspecified atom stereocenters. The van der Waals surface area contributed by atoms with Crippen molar-refractivity contribution < 1.29 is 13.2 Å². The number of rotatable bonds is 6. The van der Waals surface area contributed by atoms with Crippen molar-refractivity contribution in [3.8, 4) is 0 Å². The number of nitrogens with zero attached hydrogens (tertiary/aromatic N) is 2. The molecule has 0 bridgehead atoms. The topological polar surface area (TPSA) is 79.4 Å². The van der Waals surface area contributed by atoms with E-state index in [0.29, 0.717) is 10.2 Å². The quantitative estimate of drug-likeness (QED) is 0.592. The van der Waals surface area contributed by atoms with Crippen molar-refractivity contribution in [1.82, 2.24) is 14.6 Å². The van der Waals surface area contributed by atoms with Gasteiger partial charge in [0.05, 0.1) is 16.6 Å². The van der Waals surface area contributed by atoms with Crippen LogP contribution in [0.5, 0.6) is 0 Å². The van der Waals surface area contributed by atoms with Gasteiger partial charge in [0.25, 0.3) is 5.91 Å². The van der Waals surface area contributed by atoms with E-state index in [1.54, 1.807) is 24.4 Å². The Morgan fingerprint density at radius 1 is 1.03 bits per heavy atom. The average molecular weight is 474 g/mol. The van der Waals surface area contributed by atoms with E-state index in [9.17, 15) is 13.2 Å². The Balaban J connectivity index is 1.97. The van der Waals surface area contributed by atoms with Crippen molar-refractivity contribution >= 4 is 31.9 Å². The number of halogens is 1. The first-order chi connectivity index (χ1) is 13.8. The molecule has 1 heterocycles. The summed E-state index contributed by atoms with van der Waals surface area (Å²) in [5.74, 6) is -0.396. The van der Waals surface area contributed by atoms with Gasteiger partial charge in [0.2, 0.25) is 10.0 Å². The number of carbonyl (C=O) groups excluding carboxylic acids is 1. The number of aromatic nitrogens is 1. The van der Waals surface area contributed by atoms with Crippen LogP contribution in [0.15, 0.2) is 82.3 Å². The molecule has 1 atom stereocenters. The van der Waals surface area contributed by atoms with E-state index in [0.717, 1.165) is 9.87 Å². The lowest BCUT2D eigenvalue weighted by atomic mass is 10.0. The Kier molecular flexibility index (Phi) is 6.46. The zero-order valence-corrected chi connectivity index (χ0v) is 18.3. The van der Waals surface area contributed by atoms with E-state index >= 15 is 0 Å². The van der Waals surface area contributed by atoms with Crippen LogP contribution in [0.2, 0.25) is 0 Å². The summed E-state index contributed by atoms with van der Waals surface area (Å²) in [5, 5.41) is 2.97. The summed E-state index contributed by atoms with van der Waals surface area (Å²) in [7, 11) is -0.811. The number of nitrogens with one attached hydrogen (secondary N) is 1. The first-order valence-corrected chi connectivity index (χ1v) is 11.0. The summed E-state index contributed by atoms with van der Waals surface area (Å²) >= 11 is 3.26. The smallest absolute Gasteiger partial charge is 0.252 e. The highest BCUT2D eigenvalue weighted by Gasteiger charge is 2.24. The molecule has 1 N–H and O–H groups in total. The second kappa shape index (κ2) is 8.86. The maximum atomic E-state index is 13.0. The molecule has 1 amide bonds. The minimum atomic E-state index is -3.70. The summed E-state index contributed by atoms with van der Waals surface area (Å²) in [6.07, 6.45) is 1.67. The van der Waals surface area contributed by atoms with Crippen molar-refractivity contribution in [1.29, 1.82) is 0 Å². The number of carbonyl (C=O) groups is 1. The summed E-state index contributed by atoms with van der Waals surface area (Å²) in [4.78, 5) is 17.4. The van der Waals surface area contributed by atoms with E-state index in [4.69, 9.17) is 0 Å². The summed E-state index contributed by atoms with van der Waals surface area (Å²) in [6.45, 7) is 0. The number of benzene rings is 2. The van der Waals surface area contributed by atoms with Crippen LogP contribution in [0.4, 0.5) is 0 Å². The van der Waals surface area contributed by atoms with E-state index in [2.05, 4.69) is 26.2 Å². The predicted octanol–water partition coefficient (Wildman–Crippen LogP) is 3.61. The largest absolute Gasteiger partial charge is 0.340 e. The van der Waals surface area contributed by atoms with Gasteiger partial charge < -0.3 is 5.32 Å². The molecule has 0 radical (unpaired) electrons. The molecule has 150 valence electrons. The van der Waals surface area contributed by atoms with Gasteiger partial charge in [-0.1, -0.05) is 36.4 Å². The molecule has 2 aromatic carbocycles. The van der Waals surface area contributed by atoms with Crippen LogP contribution in [-0.2, 0) is 10.0 Å². The molecule has 3 rings (SSSR count). The van der Waals surface area contributed by atoms with Crippen molar-refractivity contribution in [2.75, 3.05) is 14.1 Å². The molecule has 6 nitrogen and oxygen atoms in total. The van der Waals surface area contributed by atoms with E-state index < -0.39 is 22.0 Å². The van der Waals surface area contributed by atoms with Crippen LogP contribution < -0.4 is 5.32 Å².